The number of aromatic amines is 1. The summed E-state index contributed by atoms with van der Waals surface area (Å²) in [5.74, 6) is 0. The van der Waals surface area contributed by atoms with Gasteiger partial charge >= 0.3 is 0 Å². The molecule has 0 atom stereocenters. The molecule has 0 spiro atoms. The average Bonchev–Trinajstić information content (AvgIpc) is 3.11. The van der Waals surface area contributed by atoms with E-state index < -0.39 is 0 Å². The maximum absolute atomic E-state index is 4.63. The van der Waals surface area contributed by atoms with Gasteiger partial charge in [-0.2, -0.15) is 0 Å². The molecule has 0 fully saturated rings. The van der Waals surface area contributed by atoms with E-state index in [0.717, 1.165) is 29.5 Å². The Kier molecular flexibility index (Phi) is 3.67. The van der Waals surface area contributed by atoms with Gasteiger partial charge in [-0.25, -0.2) is 9.97 Å². The second-order valence-corrected chi connectivity index (χ2v) is 5.12. The van der Waals surface area contributed by atoms with Crippen LogP contribution >= 0.6 is 11.3 Å². The lowest BCUT2D eigenvalue weighted by atomic mass is 10.2. The molecule has 0 saturated carbocycles. The molecule has 3 aromatic rings. The van der Waals surface area contributed by atoms with Crippen molar-refractivity contribution >= 4 is 11.3 Å². The van der Waals surface area contributed by atoms with Gasteiger partial charge in [0.25, 0.3) is 0 Å². The normalized spacial score (nSPS) is 10.7. The van der Waals surface area contributed by atoms with Crippen LogP contribution in [0, 0.1) is 0 Å². The van der Waals surface area contributed by atoms with Gasteiger partial charge in [-0.3, -0.25) is 0 Å². The van der Waals surface area contributed by atoms with Crippen LogP contribution in [0.3, 0.4) is 0 Å². The summed E-state index contributed by atoms with van der Waals surface area (Å²) in [4.78, 5) is 11.7. The molecule has 1 aromatic carbocycles. The molecule has 0 bridgehead atoms. The molecule has 2 heterocycles. The van der Waals surface area contributed by atoms with Crippen molar-refractivity contribution in [3.8, 4) is 11.3 Å². The molecule has 0 radical (unpaired) electrons. The molecule has 0 aliphatic rings. The molecular formula is C14H14N4S. The molecule has 0 aliphatic carbocycles. The molecule has 2 N–H and O–H groups in total. The number of aromatic nitrogens is 3. The number of hydrogen-bond acceptors (Lipinski definition) is 4. The van der Waals surface area contributed by atoms with E-state index in [2.05, 4.69) is 37.8 Å². The number of thiazole rings is 1. The maximum atomic E-state index is 4.63. The van der Waals surface area contributed by atoms with E-state index in [9.17, 15) is 0 Å². The van der Waals surface area contributed by atoms with E-state index in [1.807, 2.05) is 24.4 Å². The van der Waals surface area contributed by atoms with E-state index in [0.29, 0.717) is 0 Å². The van der Waals surface area contributed by atoms with Gasteiger partial charge < -0.3 is 10.3 Å². The predicted molar refractivity (Wildman–Crippen MR) is 76.7 cm³/mol. The van der Waals surface area contributed by atoms with Gasteiger partial charge in [0.05, 0.1) is 12.0 Å². The number of hydrogen-bond donors (Lipinski definition) is 2. The van der Waals surface area contributed by atoms with Crippen molar-refractivity contribution in [1.29, 1.82) is 0 Å². The Morgan fingerprint density at radius 2 is 2.05 bits per heavy atom. The van der Waals surface area contributed by atoms with Crippen LogP contribution in [0.15, 0.2) is 48.2 Å². The first-order chi connectivity index (χ1) is 9.42. The molecule has 5 heteroatoms. The zero-order valence-electron chi connectivity index (χ0n) is 10.3. The quantitative estimate of drug-likeness (QED) is 0.749. The maximum Gasteiger partial charge on any atom is 0.107 e. The van der Waals surface area contributed by atoms with Gasteiger partial charge in [0.15, 0.2) is 0 Å². The van der Waals surface area contributed by atoms with Crippen LogP contribution in [-0.4, -0.2) is 15.0 Å². The number of nitrogens with zero attached hydrogens (tertiary/aromatic N) is 2. The minimum Gasteiger partial charge on any atom is -0.347 e. The summed E-state index contributed by atoms with van der Waals surface area (Å²) >= 11 is 1.68. The third kappa shape index (κ3) is 3.07. The fourth-order valence-electron chi connectivity index (χ4n) is 1.82. The van der Waals surface area contributed by atoms with Gasteiger partial charge in [0.2, 0.25) is 0 Å². The SMILES string of the molecule is c1ccc(-c2csc(CNCc3cnc[nH]3)n2)cc1. The standard InChI is InChI=1S/C14H14N4S/c1-2-4-11(5-3-1)13-9-19-14(18-13)8-15-6-12-7-16-10-17-12/h1-5,7,9-10,15H,6,8H2,(H,16,17). The molecule has 2 aromatic heterocycles. The smallest absolute Gasteiger partial charge is 0.107 e. The highest BCUT2D eigenvalue weighted by Gasteiger charge is 2.03. The number of benzene rings is 1. The lowest BCUT2D eigenvalue weighted by Crippen LogP contribution is -2.12. The summed E-state index contributed by atoms with van der Waals surface area (Å²) in [7, 11) is 0. The molecular weight excluding hydrogens is 256 g/mol. The van der Waals surface area contributed by atoms with E-state index in [-0.39, 0.29) is 0 Å². The number of rotatable bonds is 5. The predicted octanol–water partition coefficient (Wildman–Crippen LogP) is 2.82. The Bertz CT molecular complexity index is 616. The minimum absolute atomic E-state index is 0.774. The largest absolute Gasteiger partial charge is 0.347 e. The average molecular weight is 270 g/mol. The van der Waals surface area contributed by atoms with E-state index >= 15 is 0 Å². The number of H-pyrrole nitrogens is 1. The van der Waals surface area contributed by atoms with Crippen LogP contribution in [0.4, 0.5) is 0 Å². The fourth-order valence-corrected chi connectivity index (χ4v) is 2.59. The summed E-state index contributed by atoms with van der Waals surface area (Å²) in [5.41, 5.74) is 3.29. The summed E-state index contributed by atoms with van der Waals surface area (Å²) in [6.45, 7) is 1.55. The van der Waals surface area contributed by atoms with Gasteiger partial charge in [-0.1, -0.05) is 30.3 Å². The van der Waals surface area contributed by atoms with Crippen molar-refractivity contribution in [2.45, 2.75) is 13.1 Å². The first-order valence-electron chi connectivity index (χ1n) is 6.09. The molecule has 4 nitrogen and oxygen atoms in total. The zero-order valence-corrected chi connectivity index (χ0v) is 11.2. The fraction of sp³-hybridized carbons (Fsp3) is 0.143. The van der Waals surface area contributed by atoms with Crippen molar-refractivity contribution < 1.29 is 0 Å². The van der Waals surface area contributed by atoms with Crippen LogP contribution in [0.1, 0.15) is 10.7 Å². The first kappa shape index (κ1) is 12.1. The molecule has 19 heavy (non-hydrogen) atoms. The third-order valence-corrected chi connectivity index (χ3v) is 3.62. The van der Waals surface area contributed by atoms with Crippen molar-refractivity contribution in [1.82, 2.24) is 20.3 Å². The molecule has 96 valence electrons. The lowest BCUT2D eigenvalue weighted by molar-refractivity contribution is 0.679. The summed E-state index contributed by atoms with van der Waals surface area (Å²) in [6, 6.07) is 10.2. The van der Waals surface area contributed by atoms with E-state index in [1.165, 1.54) is 5.56 Å². The van der Waals surface area contributed by atoms with Crippen LogP contribution in [0.2, 0.25) is 0 Å². The Morgan fingerprint density at radius 3 is 2.84 bits per heavy atom. The van der Waals surface area contributed by atoms with Gasteiger partial charge in [-0.05, 0) is 0 Å². The van der Waals surface area contributed by atoms with Crippen LogP contribution in [-0.2, 0) is 13.1 Å². The molecule has 0 unspecified atom stereocenters. The third-order valence-electron chi connectivity index (χ3n) is 2.77. The van der Waals surface area contributed by atoms with E-state index in [4.69, 9.17) is 0 Å². The summed E-state index contributed by atoms with van der Waals surface area (Å²) < 4.78 is 0. The molecule has 0 aliphatic heterocycles. The highest BCUT2D eigenvalue weighted by atomic mass is 32.1. The minimum atomic E-state index is 0.774. The Morgan fingerprint density at radius 1 is 1.16 bits per heavy atom. The number of imidazole rings is 1. The second-order valence-electron chi connectivity index (χ2n) is 4.17. The van der Waals surface area contributed by atoms with Crippen LogP contribution < -0.4 is 5.32 Å². The Hall–Kier alpha value is -1.98. The Balaban J connectivity index is 1.59. The molecule has 0 saturated heterocycles. The Labute approximate surface area is 115 Å². The summed E-state index contributed by atoms with van der Waals surface area (Å²) in [5, 5.41) is 6.54. The monoisotopic (exact) mass is 270 g/mol. The van der Waals surface area contributed by atoms with Crippen molar-refractivity contribution in [3.05, 3.63) is 58.9 Å². The molecule has 3 rings (SSSR count). The topological polar surface area (TPSA) is 53.6 Å². The van der Waals surface area contributed by atoms with E-state index in [1.54, 1.807) is 17.7 Å². The first-order valence-corrected chi connectivity index (χ1v) is 6.97. The van der Waals surface area contributed by atoms with Crippen LogP contribution in [0.25, 0.3) is 11.3 Å². The van der Waals surface area contributed by atoms with Crippen molar-refractivity contribution in [2.75, 3.05) is 0 Å². The van der Waals surface area contributed by atoms with Gasteiger partial charge in [0, 0.05) is 35.9 Å². The lowest BCUT2D eigenvalue weighted by Gasteiger charge is -1.99. The second kappa shape index (κ2) is 5.77. The van der Waals surface area contributed by atoms with Crippen molar-refractivity contribution in [3.63, 3.8) is 0 Å². The van der Waals surface area contributed by atoms with Crippen LogP contribution in [0.5, 0.6) is 0 Å². The number of nitrogens with one attached hydrogen (secondary N) is 2. The van der Waals surface area contributed by atoms with Gasteiger partial charge in [0.1, 0.15) is 5.01 Å². The van der Waals surface area contributed by atoms with Crippen molar-refractivity contribution in [2.24, 2.45) is 0 Å². The highest BCUT2D eigenvalue weighted by Crippen LogP contribution is 2.21. The molecule has 0 amide bonds. The summed E-state index contributed by atoms with van der Waals surface area (Å²) in [6.07, 6.45) is 3.51. The highest BCUT2D eigenvalue weighted by molar-refractivity contribution is 7.09. The zero-order chi connectivity index (χ0) is 12.9. The van der Waals surface area contributed by atoms with Gasteiger partial charge in [-0.15, -0.1) is 11.3 Å².